The molecule has 0 bridgehead atoms. The van der Waals surface area contributed by atoms with Crippen molar-refractivity contribution in [3.05, 3.63) is 0 Å². The van der Waals surface area contributed by atoms with Crippen LogP contribution in [0.1, 0.15) is 92.9 Å². The highest BCUT2D eigenvalue weighted by atomic mass is 16.5. The van der Waals surface area contributed by atoms with Crippen LogP contribution in [0.25, 0.3) is 0 Å². The molecule has 0 aromatic carbocycles. The average Bonchev–Trinajstić information content (AvgIpc) is 2.45. The molecule has 0 aliphatic heterocycles. The van der Waals surface area contributed by atoms with Crippen LogP contribution in [0.3, 0.4) is 0 Å². The fraction of sp³-hybridized carbons (Fsp3) is 0.950. The molecular weight excluding hydrogens is 283 g/mol. The Balaban J connectivity index is 3.64. The number of rotatable bonds is 13. The minimum atomic E-state index is -0.195. The average molecular weight is 322 g/mol. The van der Waals surface area contributed by atoms with Crippen molar-refractivity contribution >= 4 is 13.6 Å². The van der Waals surface area contributed by atoms with Gasteiger partial charge in [-0.3, -0.25) is 4.79 Å². The zero-order valence-corrected chi connectivity index (χ0v) is 16.5. The molecule has 0 aliphatic rings. The summed E-state index contributed by atoms with van der Waals surface area (Å²) in [5.74, 6) is 1.00. The van der Waals surface area contributed by atoms with E-state index >= 15 is 0 Å². The Morgan fingerprint density at radius 2 is 1.65 bits per heavy atom. The van der Waals surface area contributed by atoms with Crippen molar-refractivity contribution in [3.8, 4) is 0 Å². The lowest BCUT2D eigenvalue weighted by atomic mass is 9.88. The van der Waals surface area contributed by atoms with Crippen molar-refractivity contribution in [1.29, 1.82) is 0 Å². The summed E-state index contributed by atoms with van der Waals surface area (Å²) < 4.78 is 6.03. The van der Waals surface area contributed by atoms with Gasteiger partial charge >= 0.3 is 0 Å². The van der Waals surface area contributed by atoms with Crippen LogP contribution in [0.5, 0.6) is 0 Å². The number of ether oxygens (including phenoxy) is 1. The van der Waals surface area contributed by atoms with E-state index in [1.165, 1.54) is 19.3 Å². The van der Waals surface area contributed by atoms with Gasteiger partial charge in [-0.2, -0.15) is 0 Å². The van der Waals surface area contributed by atoms with Gasteiger partial charge in [-0.1, -0.05) is 65.6 Å². The molecule has 2 nitrogen and oxygen atoms in total. The first kappa shape index (κ1) is 22.7. The Morgan fingerprint density at radius 1 is 1.00 bits per heavy atom. The van der Waals surface area contributed by atoms with E-state index in [9.17, 15) is 4.79 Å². The SMILES string of the molecule is [B]CC(C)CCCCC(C)(C)OCCCCCC(=O)C(C)(C)C. The third-order valence-electron chi connectivity index (χ3n) is 4.51. The van der Waals surface area contributed by atoms with E-state index in [1.807, 2.05) is 20.8 Å². The minimum absolute atomic E-state index is 0.0345. The van der Waals surface area contributed by atoms with Crippen molar-refractivity contribution in [2.75, 3.05) is 6.61 Å². The van der Waals surface area contributed by atoms with Crippen molar-refractivity contribution in [1.82, 2.24) is 0 Å². The number of carbonyl (C=O) groups excluding carboxylic acids is 1. The van der Waals surface area contributed by atoms with E-state index in [1.54, 1.807) is 0 Å². The molecule has 0 aliphatic carbocycles. The molecule has 23 heavy (non-hydrogen) atoms. The molecule has 2 radical (unpaired) electrons. The van der Waals surface area contributed by atoms with Gasteiger partial charge in [0.2, 0.25) is 0 Å². The van der Waals surface area contributed by atoms with Crippen molar-refractivity contribution in [2.45, 2.75) is 105 Å². The standard InChI is InChI=1S/C20H39BO2/c1-17(16-21)12-9-10-14-20(5,6)23-15-11-7-8-13-18(22)19(2,3)4/h17H,7-16H2,1-6H3. The normalized spacial score (nSPS) is 14.0. The molecule has 0 fully saturated rings. The van der Waals surface area contributed by atoms with Crippen LogP contribution in [-0.4, -0.2) is 25.8 Å². The van der Waals surface area contributed by atoms with Crippen LogP contribution in [0.2, 0.25) is 6.32 Å². The van der Waals surface area contributed by atoms with E-state index in [0.29, 0.717) is 18.1 Å². The molecule has 1 unspecified atom stereocenters. The fourth-order valence-electron chi connectivity index (χ4n) is 2.52. The Labute approximate surface area is 146 Å². The predicted octanol–water partition coefficient (Wildman–Crippen LogP) is 5.74. The molecule has 0 aromatic rings. The Bertz CT molecular complexity index is 318. The largest absolute Gasteiger partial charge is 0.376 e. The number of carbonyl (C=O) groups is 1. The molecule has 0 spiro atoms. The van der Waals surface area contributed by atoms with Gasteiger partial charge in [0.25, 0.3) is 0 Å². The first-order chi connectivity index (χ1) is 10.6. The van der Waals surface area contributed by atoms with Gasteiger partial charge in [0, 0.05) is 18.4 Å². The third-order valence-corrected chi connectivity index (χ3v) is 4.51. The molecule has 0 amide bonds. The lowest BCUT2D eigenvalue weighted by molar-refractivity contribution is -0.126. The molecule has 0 saturated heterocycles. The summed E-state index contributed by atoms with van der Waals surface area (Å²) in [6.07, 6.45) is 9.36. The van der Waals surface area contributed by atoms with Gasteiger partial charge in [-0.25, -0.2) is 0 Å². The molecular formula is C20H39BO2. The van der Waals surface area contributed by atoms with Crippen LogP contribution in [0.4, 0.5) is 0 Å². The van der Waals surface area contributed by atoms with Gasteiger partial charge in [-0.15, -0.1) is 0 Å². The zero-order chi connectivity index (χ0) is 17.9. The van der Waals surface area contributed by atoms with Gasteiger partial charge in [0.1, 0.15) is 5.78 Å². The van der Waals surface area contributed by atoms with E-state index in [0.717, 1.165) is 38.6 Å². The topological polar surface area (TPSA) is 26.3 Å². The minimum Gasteiger partial charge on any atom is -0.376 e. The number of ketones is 1. The molecule has 1 atom stereocenters. The molecule has 0 saturated carbocycles. The van der Waals surface area contributed by atoms with Gasteiger partial charge in [0.05, 0.1) is 13.4 Å². The second kappa shape index (κ2) is 11.3. The lowest BCUT2D eigenvalue weighted by Crippen LogP contribution is -2.25. The van der Waals surface area contributed by atoms with Crippen molar-refractivity contribution in [2.24, 2.45) is 11.3 Å². The number of Topliss-reactive ketones (excluding diaryl/α,β-unsaturated/α-hetero) is 1. The van der Waals surface area contributed by atoms with E-state index < -0.39 is 0 Å². The van der Waals surface area contributed by atoms with E-state index in [2.05, 4.69) is 20.8 Å². The molecule has 0 aromatic heterocycles. The Morgan fingerprint density at radius 3 is 2.22 bits per heavy atom. The quantitative estimate of drug-likeness (QED) is 0.319. The summed E-state index contributed by atoms with van der Waals surface area (Å²) in [4.78, 5) is 11.8. The Hall–Kier alpha value is -0.305. The Kier molecular flexibility index (Phi) is 11.1. The van der Waals surface area contributed by atoms with Crippen molar-refractivity contribution < 1.29 is 9.53 Å². The second-order valence-electron chi connectivity index (χ2n) is 8.68. The summed E-state index contributed by atoms with van der Waals surface area (Å²) in [5.41, 5.74) is -0.229. The summed E-state index contributed by atoms with van der Waals surface area (Å²) in [5, 5.41) is 0. The lowest BCUT2D eigenvalue weighted by Gasteiger charge is -2.25. The van der Waals surface area contributed by atoms with Gasteiger partial charge in [0.15, 0.2) is 0 Å². The molecule has 0 N–H and O–H groups in total. The maximum atomic E-state index is 11.8. The van der Waals surface area contributed by atoms with Crippen LogP contribution in [0.15, 0.2) is 0 Å². The predicted molar refractivity (Wildman–Crippen MR) is 101 cm³/mol. The molecule has 0 rings (SSSR count). The number of hydrogen-bond acceptors (Lipinski definition) is 2. The van der Waals surface area contributed by atoms with Crippen LogP contribution < -0.4 is 0 Å². The highest BCUT2D eigenvalue weighted by Crippen LogP contribution is 2.22. The van der Waals surface area contributed by atoms with Crippen LogP contribution in [0, 0.1) is 11.3 Å². The molecule has 134 valence electrons. The summed E-state index contributed by atoms with van der Waals surface area (Å²) >= 11 is 0. The maximum absolute atomic E-state index is 11.8. The number of hydrogen-bond donors (Lipinski definition) is 0. The van der Waals surface area contributed by atoms with Crippen molar-refractivity contribution in [3.63, 3.8) is 0 Å². The summed E-state index contributed by atoms with van der Waals surface area (Å²) in [7, 11) is 5.64. The third kappa shape index (κ3) is 12.7. The number of unbranched alkanes of at least 4 members (excludes halogenated alkanes) is 3. The zero-order valence-electron chi connectivity index (χ0n) is 16.5. The van der Waals surface area contributed by atoms with Gasteiger partial charge < -0.3 is 4.74 Å². The first-order valence-electron chi connectivity index (χ1n) is 9.46. The fourth-order valence-corrected chi connectivity index (χ4v) is 2.52. The van der Waals surface area contributed by atoms with E-state index in [4.69, 9.17) is 12.6 Å². The summed E-state index contributed by atoms with van der Waals surface area (Å²) in [6.45, 7) is 13.4. The molecule has 0 heterocycles. The van der Waals surface area contributed by atoms with Gasteiger partial charge in [-0.05, 0) is 33.1 Å². The maximum Gasteiger partial charge on any atom is 0.138 e. The second-order valence-corrected chi connectivity index (χ2v) is 8.68. The summed E-state index contributed by atoms with van der Waals surface area (Å²) in [6, 6.07) is 0. The van der Waals surface area contributed by atoms with E-state index in [-0.39, 0.29) is 11.0 Å². The molecule has 3 heteroatoms. The van der Waals surface area contributed by atoms with Crippen LogP contribution in [-0.2, 0) is 9.53 Å². The first-order valence-corrected chi connectivity index (χ1v) is 9.46. The highest BCUT2D eigenvalue weighted by Gasteiger charge is 2.20. The van der Waals surface area contributed by atoms with Crippen LogP contribution >= 0.6 is 0 Å². The highest BCUT2D eigenvalue weighted by molar-refractivity contribution is 6.08. The monoisotopic (exact) mass is 322 g/mol. The smallest absolute Gasteiger partial charge is 0.138 e.